The number of hydrogen-bond acceptors (Lipinski definition) is 2. The van der Waals surface area contributed by atoms with Crippen molar-refractivity contribution >= 4 is 11.8 Å². The lowest BCUT2D eigenvalue weighted by Crippen LogP contribution is -2.64. The maximum atomic E-state index is 13.1. The summed E-state index contributed by atoms with van der Waals surface area (Å²) in [6, 6.07) is 0. The number of carbonyl (C=O) groups excluding carboxylic acids is 1. The second kappa shape index (κ2) is 6.51. The molecule has 0 spiro atoms. The summed E-state index contributed by atoms with van der Waals surface area (Å²) in [6.07, 6.45) is 8.99. The summed E-state index contributed by atoms with van der Waals surface area (Å²) in [5.74, 6) is 1.96. The van der Waals surface area contributed by atoms with E-state index in [0.717, 1.165) is 51.4 Å². The molecule has 3 heteroatoms. The summed E-state index contributed by atoms with van der Waals surface area (Å²) in [6.45, 7) is 18.3. The summed E-state index contributed by atoms with van der Waals surface area (Å²) >= 11 is 0. The molecular formula is C29H44O3. The van der Waals surface area contributed by atoms with Crippen LogP contribution in [-0.2, 0) is 9.59 Å². The van der Waals surface area contributed by atoms with E-state index >= 15 is 0 Å². The minimum absolute atomic E-state index is 0.0896. The Balaban J connectivity index is 1.58. The molecule has 0 saturated heterocycles. The van der Waals surface area contributed by atoms with Crippen LogP contribution in [0.4, 0.5) is 0 Å². The lowest BCUT2D eigenvalue weighted by molar-refractivity contribution is -0.221. The van der Waals surface area contributed by atoms with E-state index in [0.29, 0.717) is 29.5 Å². The molecule has 1 N–H and O–H groups in total. The van der Waals surface area contributed by atoms with Gasteiger partial charge >= 0.3 is 5.97 Å². The first kappa shape index (κ1) is 22.7. The summed E-state index contributed by atoms with van der Waals surface area (Å²) in [7, 11) is 0. The Morgan fingerprint density at radius 1 is 0.906 bits per heavy atom. The van der Waals surface area contributed by atoms with Gasteiger partial charge < -0.3 is 5.11 Å². The van der Waals surface area contributed by atoms with E-state index in [1.54, 1.807) is 0 Å². The highest BCUT2D eigenvalue weighted by Crippen LogP contribution is 2.77. The Hall–Kier alpha value is -1.12. The fourth-order valence-electron chi connectivity index (χ4n) is 11.1. The Bertz CT molecular complexity index is 887. The van der Waals surface area contributed by atoms with Crippen molar-refractivity contribution in [1.29, 1.82) is 0 Å². The van der Waals surface area contributed by atoms with E-state index in [2.05, 4.69) is 48.1 Å². The van der Waals surface area contributed by atoms with Crippen LogP contribution in [0.5, 0.6) is 0 Å². The van der Waals surface area contributed by atoms with Crippen LogP contribution in [0.25, 0.3) is 0 Å². The molecule has 5 aliphatic carbocycles. The fourth-order valence-corrected chi connectivity index (χ4v) is 11.1. The highest BCUT2D eigenvalue weighted by atomic mass is 16.4. The van der Waals surface area contributed by atoms with Crippen LogP contribution in [0, 0.1) is 56.7 Å². The number of hydrogen-bond donors (Lipinski definition) is 1. The van der Waals surface area contributed by atoms with Crippen molar-refractivity contribution in [2.45, 2.75) is 99.3 Å². The number of carboxylic acid groups (broad SMARTS) is 1. The number of ketones is 1. The van der Waals surface area contributed by atoms with Crippen LogP contribution in [0.15, 0.2) is 12.2 Å². The number of fused-ring (bicyclic) bond motifs is 7. The molecule has 3 nitrogen and oxygen atoms in total. The molecule has 5 aliphatic rings. The van der Waals surface area contributed by atoms with Crippen molar-refractivity contribution in [3.8, 4) is 0 Å². The first-order valence-corrected chi connectivity index (χ1v) is 13.2. The smallest absolute Gasteiger partial charge is 0.309 e. The van der Waals surface area contributed by atoms with Crippen LogP contribution in [0.3, 0.4) is 0 Å². The van der Waals surface area contributed by atoms with Crippen LogP contribution >= 0.6 is 0 Å². The monoisotopic (exact) mass is 440 g/mol. The second-order valence-corrected chi connectivity index (χ2v) is 14.0. The molecule has 5 saturated carbocycles. The van der Waals surface area contributed by atoms with E-state index in [1.165, 1.54) is 12.0 Å². The molecule has 0 aliphatic heterocycles. The maximum Gasteiger partial charge on any atom is 0.309 e. The number of Topliss-reactive ketones (excluding diaryl/α,β-unsaturated/α-hetero) is 1. The standard InChI is InChI=1S/C29H44O3/c1-17(2)18-10-13-29(24(31)32)15-14-27(6)19(23(18)29)8-9-21-26(5)16-22(30)25(3,4)20(26)11-12-28(21,27)7/h18-21,23H,1,8-16H2,2-7H3,(H,31,32)/t18-,19?,20?,21?,23?,26-,27+,28+,29-/m0/s1. The van der Waals surface area contributed by atoms with E-state index in [-0.39, 0.29) is 27.6 Å². The minimum Gasteiger partial charge on any atom is -0.481 e. The lowest BCUT2D eigenvalue weighted by Gasteiger charge is -2.70. The zero-order chi connectivity index (χ0) is 23.5. The molecule has 0 aromatic rings. The van der Waals surface area contributed by atoms with Gasteiger partial charge in [-0.1, -0.05) is 46.8 Å². The number of rotatable bonds is 2. The minimum atomic E-state index is -0.556. The number of allylic oxidation sites excluding steroid dienone is 1. The van der Waals surface area contributed by atoms with Crippen molar-refractivity contribution in [1.82, 2.24) is 0 Å². The average Bonchev–Trinajstić information content (AvgIpc) is 3.17. The molecule has 9 atom stereocenters. The molecule has 0 aromatic carbocycles. The second-order valence-electron chi connectivity index (χ2n) is 14.0. The van der Waals surface area contributed by atoms with Gasteiger partial charge in [-0.3, -0.25) is 9.59 Å². The first-order valence-electron chi connectivity index (χ1n) is 13.2. The number of carboxylic acids is 1. The zero-order valence-electron chi connectivity index (χ0n) is 21.2. The molecule has 5 fully saturated rings. The average molecular weight is 441 g/mol. The van der Waals surface area contributed by atoms with Crippen LogP contribution in [-0.4, -0.2) is 16.9 Å². The van der Waals surface area contributed by atoms with Crippen LogP contribution in [0.1, 0.15) is 99.3 Å². The Morgan fingerprint density at radius 2 is 1.59 bits per heavy atom. The predicted octanol–water partition coefficient (Wildman–Crippen LogP) is 6.91. The molecule has 0 radical (unpaired) electrons. The van der Waals surface area contributed by atoms with Gasteiger partial charge in [0.1, 0.15) is 5.78 Å². The summed E-state index contributed by atoms with van der Waals surface area (Å²) in [5, 5.41) is 10.5. The quantitative estimate of drug-likeness (QED) is 0.475. The molecule has 4 unspecified atom stereocenters. The van der Waals surface area contributed by atoms with Gasteiger partial charge in [0.2, 0.25) is 0 Å². The van der Waals surface area contributed by atoms with Crippen molar-refractivity contribution < 1.29 is 14.7 Å². The molecule has 0 heterocycles. The lowest BCUT2D eigenvalue weighted by atomic mass is 9.34. The molecule has 5 rings (SSSR count). The summed E-state index contributed by atoms with van der Waals surface area (Å²) in [5.41, 5.74) is 0.842. The van der Waals surface area contributed by atoms with Crippen molar-refractivity contribution in [2.24, 2.45) is 56.7 Å². The third-order valence-corrected chi connectivity index (χ3v) is 12.9. The van der Waals surface area contributed by atoms with Gasteiger partial charge in [0, 0.05) is 11.8 Å². The van der Waals surface area contributed by atoms with Crippen molar-refractivity contribution in [3.63, 3.8) is 0 Å². The summed E-state index contributed by atoms with van der Waals surface area (Å²) < 4.78 is 0. The third-order valence-electron chi connectivity index (χ3n) is 12.9. The van der Waals surface area contributed by atoms with Gasteiger partial charge in [0.25, 0.3) is 0 Å². The largest absolute Gasteiger partial charge is 0.481 e. The van der Waals surface area contributed by atoms with Gasteiger partial charge in [0.05, 0.1) is 5.41 Å². The molecule has 32 heavy (non-hydrogen) atoms. The molecule has 0 bridgehead atoms. The van der Waals surface area contributed by atoms with E-state index in [9.17, 15) is 14.7 Å². The predicted molar refractivity (Wildman–Crippen MR) is 127 cm³/mol. The molecule has 0 amide bonds. The van der Waals surface area contributed by atoms with Crippen molar-refractivity contribution in [3.05, 3.63) is 12.2 Å². The highest BCUT2D eigenvalue weighted by molar-refractivity contribution is 5.88. The fraction of sp³-hybridized carbons (Fsp3) is 0.862. The Morgan fingerprint density at radius 3 is 2.22 bits per heavy atom. The Labute approximate surface area is 194 Å². The molecule has 0 aromatic heterocycles. The van der Waals surface area contributed by atoms with Gasteiger partial charge in [-0.15, -0.1) is 0 Å². The topological polar surface area (TPSA) is 54.4 Å². The van der Waals surface area contributed by atoms with Gasteiger partial charge in [0.15, 0.2) is 0 Å². The van der Waals surface area contributed by atoms with Gasteiger partial charge in [-0.25, -0.2) is 0 Å². The molecule has 178 valence electrons. The SMILES string of the molecule is C=C(C)[C@@H]1CC[C@]2(C(=O)O)CC[C@]3(C)C(CCC4[C@@]5(C)CC(=O)C(C)(C)C5CC[C@]43C)C12. The highest BCUT2D eigenvalue weighted by Gasteiger charge is 2.73. The van der Waals surface area contributed by atoms with Crippen molar-refractivity contribution in [2.75, 3.05) is 0 Å². The normalized spacial score (nSPS) is 53.7. The number of aliphatic carboxylic acids is 1. The van der Waals surface area contributed by atoms with Crippen LogP contribution in [0.2, 0.25) is 0 Å². The zero-order valence-corrected chi connectivity index (χ0v) is 21.2. The van der Waals surface area contributed by atoms with E-state index in [4.69, 9.17) is 0 Å². The first-order chi connectivity index (χ1) is 14.8. The van der Waals surface area contributed by atoms with E-state index < -0.39 is 11.4 Å². The molecular weight excluding hydrogens is 396 g/mol. The summed E-state index contributed by atoms with van der Waals surface area (Å²) in [4.78, 5) is 25.8. The maximum absolute atomic E-state index is 13.1. The Kier molecular flexibility index (Phi) is 4.61. The third kappa shape index (κ3) is 2.39. The van der Waals surface area contributed by atoms with E-state index in [1.807, 2.05) is 0 Å². The number of carbonyl (C=O) groups is 2. The van der Waals surface area contributed by atoms with Gasteiger partial charge in [-0.2, -0.15) is 0 Å². The van der Waals surface area contributed by atoms with Gasteiger partial charge in [-0.05, 0) is 104 Å². The van der Waals surface area contributed by atoms with Crippen LogP contribution < -0.4 is 0 Å².